The van der Waals surface area contributed by atoms with Gasteiger partial charge in [-0.3, -0.25) is 9.69 Å². The summed E-state index contributed by atoms with van der Waals surface area (Å²) in [4.78, 5) is 12.8. The Balaban J connectivity index is 1.71. The number of aliphatic carboxylic acids is 1. The highest BCUT2D eigenvalue weighted by Crippen LogP contribution is 2.39. The first-order valence-corrected chi connectivity index (χ1v) is 7.49. The Morgan fingerprint density at radius 3 is 3.10 bits per heavy atom. The molecule has 5 heteroatoms. The minimum absolute atomic E-state index is 0.0985. The van der Waals surface area contributed by atoms with Crippen molar-refractivity contribution in [3.8, 4) is 11.5 Å². The Labute approximate surface area is 124 Å². The maximum Gasteiger partial charge on any atom is 0.317 e. The molecule has 0 aliphatic carbocycles. The monoisotopic (exact) mass is 291 g/mol. The van der Waals surface area contributed by atoms with Gasteiger partial charge in [-0.25, -0.2) is 0 Å². The molecular weight excluding hydrogens is 270 g/mol. The summed E-state index contributed by atoms with van der Waals surface area (Å²) in [6, 6.07) is 5.96. The molecule has 1 atom stereocenters. The van der Waals surface area contributed by atoms with Crippen LogP contribution < -0.4 is 9.47 Å². The number of fused-ring (bicyclic) bond motifs is 1. The van der Waals surface area contributed by atoms with Gasteiger partial charge in [0.15, 0.2) is 0 Å². The van der Waals surface area contributed by atoms with E-state index < -0.39 is 5.97 Å². The van der Waals surface area contributed by atoms with Gasteiger partial charge in [0, 0.05) is 19.5 Å². The van der Waals surface area contributed by atoms with Crippen LogP contribution in [-0.4, -0.2) is 47.8 Å². The normalized spacial score (nSPS) is 24.6. The van der Waals surface area contributed by atoms with Crippen molar-refractivity contribution in [1.29, 1.82) is 0 Å². The average molecular weight is 291 g/mol. The number of hydrogen-bond donors (Lipinski definition) is 1. The molecule has 114 valence electrons. The van der Waals surface area contributed by atoms with Gasteiger partial charge in [0.2, 0.25) is 0 Å². The highest BCUT2D eigenvalue weighted by Gasteiger charge is 2.42. The van der Waals surface area contributed by atoms with Gasteiger partial charge in [-0.05, 0) is 43.5 Å². The van der Waals surface area contributed by atoms with Gasteiger partial charge in [0.05, 0.1) is 13.2 Å². The van der Waals surface area contributed by atoms with Crippen LogP contribution in [0.15, 0.2) is 18.2 Å². The molecule has 1 saturated heterocycles. The molecule has 0 amide bonds. The van der Waals surface area contributed by atoms with Crippen molar-refractivity contribution in [2.75, 3.05) is 26.2 Å². The number of carbonyl (C=O) groups is 1. The number of nitrogens with zero attached hydrogens (tertiary/aromatic N) is 1. The summed E-state index contributed by atoms with van der Waals surface area (Å²) >= 11 is 0. The quantitative estimate of drug-likeness (QED) is 0.918. The minimum atomic E-state index is -0.774. The third-order valence-electron chi connectivity index (χ3n) is 4.27. The molecule has 2 heterocycles. The average Bonchev–Trinajstić information content (AvgIpc) is 2.81. The van der Waals surface area contributed by atoms with Crippen molar-refractivity contribution in [3.63, 3.8) is 0 Å². The van der Waals surface area contributed by atoms with Gasteiger partial charge < -0.3 is 14.6 Å². The number of benzene rings is 1. The zero-order valence-electron chi connectivity index (χ0n) is 12.3. The van der Waals surface area contributed by atoms with Gasteiger partial charge in [0.25, 0.3) is 0 Å². The molecule has 1 aromatic carbocycles. The van der Waals surface area contributed by atoms with Crippen molar-refractivity contribution in [2.24, 2.45) is 0 Å². The lowest BCUT2D eigenvalue weighted by atomic mass is 9.90. The fraction of sp³-hybridized carbons (Fsp3) is 0.562. The first-order chi connectivity index (χ1) is 10.1. The van der Waals surface area contributed by atoms with Gasteiger partial charge in [0.1, 0.15) is 17.1 Å². The third kappa shape index (κ3) is 2.97. The molecule has 0 aromatic heterocycles. The number of likely N-dealkylation sites (tertiary alicyclic amines) is 1. The first-order valence-electron chi connectivity index (χ1n) is 7.49. The van der Waals surface area contributed by atoms with E-state index in [-0.39, 0.29) is 12.1 Å². The van der Waals surface area contributed by atoms with Crippen LogP contribution >= 0.6 is 0 Å². The zero-order valence-corrected chi connectivity index (χ0v) is 12.3. The number of carboxylic acids is 1. The van der Waals surface area contributed by atoms with E-state index in [1.807, 2.05) is 24.0 Å². The lowest BCUT2D eigenvalue weighted by Gasteiger charge is -2.35. The zero-order chi connectivity index (χ0) is 14.9. The van der Waals surface area contributed by atoms with Crippen LogP contribution in [0, 0.1) is 0 Å². The van der Waals surface area contributed by atoms with Crippen molar-refractivity contribution < 1.29 is 19.4 Å². The molecule has 1 N–H and O–H groups in total. The predicted octanol–water partition coefficient (Wildman–Crippen LogP) is 1.94. The fourth-order valence-corrected chi connectivity index (χ4v) is 3.30. The molecule has 0 saturated carbocycles. The van der Waals surface area contributed by atoms with E-state index in [2.05, 4.69) is 6.07 Å². The Kier molecular flexibility index (Phi) is 3.76. The maximum atomic E-state index is 10.8. The molecule has 1 fully saturated rings. The van der Waals surface area contributed by atoms with Gasteiger partial charge in [-0.15, -0.1) is 0 Å². The maximum absolute atomic E-state index is 10.8. The minimum Gasteiger partial charge on any atom is -0.494 e. The second-order valence-corrected chi connectivity index (χ2v) is 5.84. The number of carboxylic acid groups (broad SMARTS) is 1. The molecule has 3 rings (SSSR count). The SMILES string of the molecule is CCOc1ccc2c(c1)CCC1(CCN(CC(=O)O)C1)O2. The van der Waals surface area contributed by atoms with Crippen LogP contribution in [0.4, 0.5) is 0 Å². The highest BCUT2D eigenvalue weighted by molar-refractivity contribution is 5.69. The lowest BCUT2D eigenvalue weighted by molar-refractivity contribution is -0.138. The van der Waals surface area contributed by atoms with E-state index in [1.54, 1.807) is 0 Å². The van der Waals surface area contributed by atoms with Crippen LogP contribution in [0.25, 0.3) is 0 Å². The summed E-state index contributed by atoms with van der Waals surface area (Å²) in [6.45, 7) is 4.22. The Hall–Kier alpha value is -1.75. The van der Waals surface area contributed by atoms with Crippen LogP contribution in [0.3, 0.4) is 0 Å². The first kappa shape index (κ1) is 14.2. The van der Waals surface area contributed by atoms with Gasteiger partial charge in [-0.2, -0.15) is 0 Å². The number of ether oxygens (including phenoxy) is 2. The van der Waals surface area contributed by atoms with Crippen LogP contribution in [0.2, 0.25) is 0 Å². The summed E-state index contributed by atoms with van der Waals surface area (Å²) in [6.07, 6.45) is 2.79. The Bertz CT molecular complexity index is 545. The van der Waals surface area contributed by atoms with Crippen molar-refractivity contribution in [1.82, 2.24) is 4.90 Å². The van der Waals surface area contributed by atoms with Crippen molar-refractivity contribution >= 4 is 5.97 Å². The van der Waals surface area contributed by atoms with E-state index in [1.165, 1.54) is 5.56 Å². The number of hydrogen-bond acceptors (Lipinski definition) is 4. The summed E-state index contributed by atoms with van der Waals surface area (Å²) in [5.41, 5.74) is 0.971. The van der Waals surface area contributed by atoms with Crippen molar-refractivity contribution in [3.05, 3.63) is 23.8 Å². The van der Waals surface area contributed by atoms with E-state index in [0.717, 1.165) is 37.3 Å². The van der Waals surface area contributed by atoms with E-state index >= 15 is 0 Å². The Morgan fingerprint density at radius 1 is 1.48 bits per heavy atom. The second kappa shape index (κ2) is 5.56. The van der Waals surface area contributed by atoms with E-state index in [4.69, 9.17) is 14.6 Å². The van der Waals surface area contributed by atoms with Crippen molar-refractivity contribution in [2.45, 2.75) is 31.8 Å². The molecule has 1 unspecified atom stereocenters. The Morgan fingerprint density at radius 2 is 2.33 bits per heavy atom. The molecule has 1 spiro atoms. The molecule has 0 bridgehead atoms. The summed E-state index contributed by atoms with van der Waals surface area (Å²) in [5.74, 6) is 1.03. The number of rotatable bonds is 4. The van der Waals surface area contributed by atoms with E-state index in [0.29, 0.717) is 13.2 Å². The molecule has 2 aliphatic rings. The highest BCUT2D eigenvalue weighted by atomic mass is 16.5. The molecule has 5 nitrogen and oxygen atoms in total. The third-order valence-corrected chi connectivity index (χ3v) is 4.27. The number of aryl methyl sites for hydroxylation is 1. The summed E-state index contributed by atoms with van der Waals surface area (Å²) in [7, 11) is 0. The van der Waals surface area contributed by atoms with Gasteiger partial charge >= 0.3 is 5.97 Å². The smallest absolute Gasteiger partial charge is 0.317 e. The summed E-state index contributed by atoms with van der Waals surface area (Å²) in [5, 5.41) is 8.90. The standard InChI is InChI=1S/C16H21NO4/c1-2-20-13-3-4-14-12(9-13)5-6-16(21-14)7-8-17(11-16)10-15(18)19/h3-4,9H,2,5-8,10-11H2,1H3,(H,18,19). The lowest BCUT2D eigenvalue weighted by Crippen LogP contribution is -2.43. The van der Waals surface area contributed by atoms with Crippen LogP contribution in [-0.2, 0) is 11.2 Å². The topological polar surface area (TPSA) is 59.0 Å². The van der Waals surface area contributed by atoms with Gasteiger partial charge in [-0.1, -0.05) is 0 Å². The summed E-state index contributed by atoms with van der Waals surface area (Å²) < 4.78 is 11.8. The van der Waals surface area contributed by atoms with Crippen LogP contribution in [0.1, 0.15) is 25.3 Å². The largest absolute Gasteiger partial charge is 0.494 e. The molecule has 2 aliphatic heterocycles. The fourth-order valence-electron chi connectivity index (χ4n) is 3.30. The van der Waals surface area contributed by atoms with Crippen LogP contribution in [0.5, 0.6) is 11.5 Å². The van der Waals surface area contributed by atoms with E-state index in [9.17, 15) is 4.79 Å². The molecule has 21 heavy (non-hydrogen) atoms. The predicted molar refractivity (Wildman–Crippen MR) is 78.0 cm³/mol. The molecule has 0 radical (unpaired) electrons. The second-order valence-electron chi connectivity index (χ2n) is 5.84. The molecule has 1 aromatic rings. The molecular formula is C16H21NO4.